The smallest absolute Gasteiger partial charge is 0.296 e. The van der Waals surface area contributed by atoms with E-state index in [-0.39, 0.29) is 37.0 Å². The topological polar surface area (TPSA) is 89.5 Å². The maximum Gasteiger partial charge on any atom is 0.296 e. The van der Waals surface area contributed by atoms with Gasteiger partial charge in [-0.15, -0.1) is 0 Å². The maximum absolute atomic E-state index is 13.2. The first-order chi connectivity index (χ1) is 8.93. The SMILES string of the molecule is NCC1CC(=O)N(c2cc(F)c(F)cc2[N+](=O)[O-])C1. The molecule has 1 saturated heterocycles. The summed E-state index contributed by atoms with van der Waals surface area (Å²) < 4.78 is 26.3. The fraction of sp³-hybridized carbons (Fsp3) is 0.364. The Hall–Kier alpha value is -2.09. The molecule has 1 unspecified atom stereocenters. The molecule has 0 aliphatic carbocycles. The van der Waals surface area contributed by atoms with Crippen molar-refractivity contribution in [2.24, 2.45) is 11.7 Å². The van der Waals surface area contributed by atoms with Crippen LogP contribution in [0.4, 0.5) is 20.2 Å². The predicted molar refractivity (Wildman–Crippen MR) is 62.5 cm³/mol. The van der Waals surface area contributed by atoms with Crippen LogP contribution in [0.15, 0.2) is 12.1 Å². The monoisotopic (exact) mass is 271 g/mol. The molecule has 1 amide bonds. The molecule has 1 heterocycles. The number of halogens is 2. The molecule has 0 bridgehead atoms. The van der Waals surface area contributed by atoms with Crippen LogP contribution in [-0.4, -0.2) is 23.9 Å². The van der Waals surface area contributed by atoms with Crippen LogP contribution in [0, 0.1) is 27.7 Å². The third kappa shape index (κ3) is 2.39. The maximum atomic E-state index is 13.2. The second-order valence-corrected chi connectivity index (χ2v) is 4.32. The molecule has 0 aromatic heterocycles. The molecular formula is C11H11F2N3O3. The zero-order valence-electron chi connectivity index (χ0n) is 9.81. The van der Waals surface area contributed by atoms with E-state index in [1.165, 1.54) is 0 Å². The van der Waals surface area contributed by atoms with Gasteiger partial charge in [0, 0.05) is 19.0 Å². The summed E-state index contributed by atoms with van der Waals surface area (Å²) in [4.78, 5) is 22.8. The number of carbonyl (C=O) groups is 1. The van der Waals surface area contributed by atoms with Gasteiger partial charge in [-0.2, -0.15) is 0 Å². The Balaban J connectivity index is 2.47. The number of anilines is 1. The van der Waals surface area contributed by atoms with Crippen molar-refractivity contribution in [2.45, 2.75) is 6.42 Å². The second kappa shape index (κ2) is 4.88. The first-order valence-corrected chi connectivity index (χ1v) is 5.58. The van der Waals surface area contributed by atoms with E-state index in [2.05, 4.69) is 0 Å². The minimum absolute atomic E-state index is 0.139. The normalized spacial score (nSPS) is 19.0. The number of nitrogens with two attached hydrogens (primary N) is 1. The van der Waals surface area contributed by atoms with E-state index < -0.39 is 22.2 Å². The largest absolute Gasteiger partial charge is 0.330 e. The molecule has 0 radical (unpaired) electrons. The third-order valence-corrected chi connectivity index (χ3v) is 3.04. The molecule has 1 aliphatic rings. The Bertz CT molecular complexity index is 550. The highest BCUT2D eigenvalue weighted by atomic mass is 19.2. The molecule has 1 aromatic rings. The first kappa shape index (κ1) is 13.3. The Morgan fingerprint density at radius 1 is 1.42 bits per heavy atom. The van der Waals surface area contributed by atoms with E-state index in [0.29, 0.717) is 12.1 Å². The van der Waals surface area contributed by atoms with Gasteiger partial charge in [-0.3, -0.25) is 14.9 Å². The zero-order chi connectivity index (χ0) is 14.2. The second-order valence-electron chi connectivity index (χ2n) is 4.32. The van der Waals surface area contributed by atoms with E-state index in [9.17, 15) is 23.7 Å². The lowest BCUT2D eigenvalue weighted by Crippen LogP contribution is -2.26. The number of rotatable bonds is 3. The molecule has 8 heteroatoms. The summed E-state index contributed by atoms with van der Waals surface area (Å²) in [7, 11) is 0. The molecule has 2 rings (SSSR count). The Labute approximate surface area is 106 Å². The van der Waals surface area contributed by atoms with Gasteiger partial charge in [0.2, 0.25) is 5.91 Å². The minimum Gasteiger partial charge on any atom is -0.330 e. The van der Waals surface area contributed by atoms with E-state index >= 15 is 0 Å². The molecule has 0 spiro atoms. The van der Waals surface area contributed by atoms with Gasteiger partial charge in [0.05, 0.1) is 11.0 Å². The fourth-order valence-corrected chi connectivity index (χ4v) is 2.06. The average molecular weight is 271 g/mol. The molecule has 1 aromatic carbocycles. The number of hydrogen-bond acceptors (Lipinski definition) is 4. The minimum atomic E-state index is -1.32. The molecular weight excluding hydrogens is 260 g/mol. The Morgan fingerprint density at radius 2 is 2.05 bits per heavy atom. The van der Waals surface area contributed by atoms with Crippen LogP contribution in [0.1, 0.15) is 6.42 Å². The molecule has 6 nitrogen and oxygen atoms in total. The van der Waals surface area contributed by atoms with Crippen LogP contribution >= 0.6 is 0 Å². The number of nitrogens with zero attached hydrogens (tertiary/aromatic N) is 2. The van der Waals surface area contributed by atoms with E-state index in [0.717, 1.165) is 4.90 Å². The first-order valence-electron chi connectivity index (χ1n) is 5.58. The van der Waals surface area contributed by atoms with Crippen LogP contribution in [0.3, 0.4) is 0 Å². The highest BCUT2D eigenvalue weighted by molar-refractivity contribution is 5.97. The molecule has 0 saturated carbocycles. The molecule has 1 aliphatic heterocycles. The van der Waals surface area contributed by atoms with Gasteiger partial charge >= 0.3 is 0 Å². The summed E-state index contributed by atoms with van der Waals surface area (Å²) in [5.74, 6) is -3.08. The van der Waals surface area contributed by atoms with Gasteiger partial charge in [0.25, 0.3) is 5.69 Å². The lowest BCUT2D eigenvalue weighted by Gasteiger charge is -2.16. The van der Waals surface area contributed by atoms with Crippen molar-refractivity contribution in [3.63, 3.8) is 0 Å². The highest BCUT2D eigenvalue weighted by Crippen LogP contribution is 2.34. The van der Waals surface area contributed by atoms with Crippen molar-refractivity contribution >= 4 is 17.3 Å². The summed E-state index contributed by atoms with van der Waals surface area (Å²) >= 11 is 0. The molecule has 1 fully saturated rings. The number of carbonyl (C=O) groups excluding carboxylic acids is 1. The lowest BCUT2D eigenvalue weighted by atomic mass is 10.1. The summed E-state index contributed by atoms with van der Waals surface area (Å²) in [5.41, 5.74) is 4.58. The van der Waals surface area contributed by atoms with Crippen molar-refractivity contribution < 1.29 is 18.5 Å². The van der Waals surface area contributed by atoms with Crippen LogP contribution in [0.25, 0.3) is 0 Å². The third-order valence-electron chi connectivity index (χ3n) is 3.04. The van der Waals surface area contributed by atoms with Crippen molar-refractivity contribution in [3.8, 4) is 0 Å². The number of amides is 1. The molecule has 1 atom stereocenters. The van der Waals surface area contributed by atoms with Crippen LogP contribution < -0.4 is 10.6 Å². The van der Waals surface area contributed by atoms with Crippen molar-refractivity contribution in [3.05, 3.63) is 33.9 Å². The van der Waals surface area contributed by atoms with Crippen molar-refractivity contribution in [2.75, 3.05) is 18.0 Å². The summed E-state index contributed by atoms with van der Waals surface area (Å²) in [6.07, 6.45) is 0.145. The standard InChI is InChI=1S/C11H11F2N3O3/c12-7-2-9(10(16(18)19)3-8(7)13)15-5-6(4-14)1-11(15)17/h2-3,6H,1,4-5,14H2. The average Bonchev–Trinajstić information content (AvgIpc) is 2.73. The van der Waals surface area contributed by atoms with Gasteiger partial charge in [0.1, 0.15) is 5.69 Å². The number of nitro groups is 1. The highest BCUT2D eigenvalue weighted by Gasteiger charge is 2.34. The van der Waals surface area contributed by atoms with Crippen LogP contribution in [0.2, 0.25) is 0 Å². The summed E-state index contributed by atoms with van der Waals surface area (Å²) in [6, 6.07) is 1.15. The molecule has 102 valence electrons. The van der Waals surface area contributed by atoms with Crippen molar-refractivity contribution in [1.82, 2.24) is 0 Å². The number of benzene rings is 1. The predicted octanol–water partition coefficient (Wildman–Crippen LogP) is 1.18. The Kier molecular flexibility index (Phi) is 3.43. The van der Waals surface area contributed by atoms with Crippen LogP contribution in [0.5, 0.6) is 0 Å². The van der Waals surface area contributed by atoms with Gasteiger partial charge in [-0.25, -0.2) is 8.78 Å². The molecule has 2 N–H and O–H groups in total. The van der Waals surface area contributed by atoms with Gasteiger partial charge in [0.15, 0.2) is 11.6 Å². The summed E-state index contributed by atoms with van der Waals surface area (Å²) in [5, 5.41) is 10.9. The zero-order valence-corrected chi connectivity index (χ0v) is 9.81. The van der Waals surface area contributed by atoms with Crippen LogP contribution in [-0.2, 0) is 4.79 Å². The fourth-order valence-electron chi connectivity index (χ4n) is 2.06. The Morgan fingerprint density at radius 3 is 2.58 bits per heavy atom. The quantitative estimate of drug-likeness (QED) is 0.660. The molecule has 19 heavy (non-hydrogen) atoms. The van der Waals surface area contributed by atoms with Gasteiger partial charge < -0.3 is 10.6 Å². The number of nitro benzene ring substituents is 1. The lowest BCUT2D eigenvalue weighted by molar-refractivity contribution is -0.384. The summed E-state index contributed by atoms with van der Waals surface area (Å²) in [6.45, 7) is 0.418. The van der Waals surface area contributed by atoms with Crippen molar-refractivity contribution in [1.29, 1.82) is 0 Å². The van der Waals surface area contributed by atoms with E-state index in [1.54, 1.807) is 0 Å². The van der Waals surface area contributed by atoms with Gasteiger partial charge in [-0.05, 0) is 12.5 Å². The van der Waals surface area contributed by atoms with E-state index in [1.807, 2.05) is 0 Å². The number of hydrogen-bond donors (Lipinski definition) is 1. The van der Waals surface area contributed by atoms with E-state index in [4.69, 9.17) is 5.73 Å². The van der Waals surface area contributed by atoms with Gasteiger partial charge in [-0.1, -0.05) is 0 Å².